The zero-order valence-corrected chi connectivity index (χ0v) is 10.4. The lowest BCUT2D eigenvalue weighted by Crippen LogP contribution is -2.17. The molecular formula is C14H21NO2. The summed E-state index contributed by atoms with van der Waals surface area (Å²) in [6.45, 7) is 0. The maximum atomic E-state index is 10.4. The number of methoxy groups -OCH3 is 1. The molecular weight excluding hydrogens is 214 g/mol. The van der Waals surface area contributed by atoms with E-state index >= 15 is 0 Å². The van der Waals surface area contributed by atoms with Gasteiger partial charge in [0.15, 0.2) is 0 Å². The summed E-state index contributed by atoms with van der Waals surface area (Å²) in [6.07, 6.45) is 5.45. The van der Waals surface area contributed by atoms with Crippen LogP contribution in [-0.4, -0.2) is 12.2 Å². The highest BCUT2D eigenvalue weighted by Crippen LogP contribution is 2.37. The van der Waals surface area contributed by atoms with E-state index in [1.54, 1.807) is 13.2 Å². The van der Waals surface area contributed by atoms with Crippen LogP contribution < -0.4 is 10.5 Å². The Hall–Kier alpha value is -1.22. The van der Waals surface area contributed by atoms with Crippen LogP contribution in [0, 0.1) is 5.92 Å². The van der Waals surface area contributed by atoms with Gasteiger partial charge in [-0.1, -0.05) is 19.3 Å². The molecule has 17 heavy (non-hydrogen) atoms. The molecule has 1 saturated carbocycles. The highest BCUT2D eigenvalue weighted by molar-refractivity contribution is 5.51. The molecule has 0 heterocycles. The van der Waals surface area contributed by atoms with Crippen LogP contribution in [0.5, 0.6) is 5.75 Å². The van der Waals surface area contributed by atoms with Crippen LogP contribution in [0.2, 0.25) is 0 Å². The summed E-state index contributed by atoms with van der Waals surface area (Å²) >= 11 is 0. The Bertz CT molecular complexity index is 372. The number of rotatable bonds is 3. The number of aliphatic hydroxyl groups is 1. The third-order valence-electron chi connectivity index (χ3n) is 3.71. The van der Waals surface area contributed by atoms with Gasteiger partial charge in [-0.2, -0.15) is 0 Å². The summed E-state index contributed by atoms with van der Waals surface area (Å²) in [5.41, 5.74) is 7.41. The predicted molar refractivity (Wildman–Crippen MR) is 68.9 cm³/mol. The maximum absolute atomic E-state index is 10.4. The summed E-state index contributed by atoms with van der Waals surface area (Å²) in [4.78, 5) is 0. The van der Waals surface area contributed by atoms with Crippen molar-refractivity contribution in [2.24, 2.45) is 5.92 Å². The van der Waals surface area contributed by atoms with E-state index in [1.165, 1.54) is 19.3 Å². The first-order chi connectivity index (χ1) is 8.22. The molecule has 0 spiro atoms. The van der Waals surface area contributed by atoms with E-state index in [4.69, 9.17) is 10.5 Å². The standard InChI is InChI=1S/C14H21NO2/c1-17-11-7-8-13(15)12(9-11)14(16)10-5-3-2-4-6-10/h7-10,14,16H,2-6,15H2,1H3. The van der Waals surface area contributed by atoms with Gasteiger partial charge in [-0.15, -0.1) is 0 Å². The summed E-state index contributed by atoms with van der Waals surface area (Å²) in [5, 5.41) is 10.4. The third-order valence-corrected chi connectivity index (χ3v) is 3.71. The van der Waals surface area contributed by atoms with Crippen LogP contribution in [0.4, 0.5) is 5.69 Å². The smallest absolute Gasteiger partial charge is 0.119 e. The molecule has 94 valence electrons. The van der Waals surface area contributed by atoms with E-state index in [2.05, 4.69) is 0 Å². The lowest BCUT2D eigenvalue weighted by Gasteiger charge is -2.27. The number of benzene rings is 1. The molecule has 1 aromatic rings. The first-order valence-corrected chi connectivity index (χ1v) is 6.34. The lowest BCUT2D eigenvalue weighted by molar-refractivity contribution is 0.0852. The lowest BCUT2D eigenvalue weighted by atomic mass is 9.82. The largest absolute Gasteiger partial charge is 0.497 e. The molecule has 3 nitrogen and oxygen atoms in total. The van der Waals surface area contributed by atoms with Crippen LogP contribution in [0.1, 0.15) is 43.8 Å². The Labute approximate surface area is 103 Å². The second-order valence-corrected chi connectivity index (χ2v) is 4.84. The molecule has 1 aliphatic carbocycles. The highest BCUT2D eigenvalue weighted by Gasteiger charge is 2.24. The van der Waals surface area contributed by atoms with Crippen molar-refractivity contribution in [3.05, 3.63) is 23.8 Å². The van der Waals surface area contributed by atoms with Crippen LogP contribution in [0.25, 0.3) is 0 Å². The molecule has 1 fully saturated rings. The van der Waals surface area contributed by atoms with Gasteiger partial charge < -0.3 is 15.6 Å². The topological polar surface area (TPSA) is 55.5 Å². The molecule has 1 atom stereocenters. The quantitative estimate of drug-likeness (QED) is 0.792. The monoisotopic (exact) mass is 235 g/mol. The fourth-order valence-corrected chi connectivity index (χ4v) is 2.64. The highest BCUT2D eigenvalue weighted by atomic mass is 16.5. The second kappa shape index (κ2) is 5.41. The molecule has 0 aliphatic heterocycles. The van der Waals surface area contributed by atoms with Gasteiger partial charge in [0.05, 0.1) is 13.2 Å². The van der Waals surface area contributed by atoms with Gasteiger partial charge in [-0.3, -0.25) is 0 Å². The minimum Gasteiger partial charge on any atom is -0.497 e. The van der Waals surface area contributed by atoms with E-state index in [-0.39, 0.29) is 0 Å². The van der Waals surface area contributed by atoms with Gasteiger partial charge in [0.25, 0.3) is 0 Å². The molecule has 0 amide bonds. The van der Waals surface area contributed by atoms with Gasteiger partial charge in [0, 0.05) is 11.3 Å². The minimum absolute atomic E-state index is 0.346. The average molecular weight is 235 g/mol. The van der Waals surface area contributed by atoms with Crippen LogP contribution in [0.15, 0.2) is 18.2 Å². The molecule has 1 aliphatic rings. The number of aliphatic hydroxyl groups excluding tert-OH is 1. The molecule has 1 unspecified atom stereocenters. The van der Waals surface area contributed by atoms with Crippen molar-refractivity contribution in [2.45, 2.75) is 38.2 Å². The van der Waals surface area contributed by atoms with Crippen molar-refractivity contribution in [1.82, 2.24) is 0 Å². The molecule has 3 N–H and O–H groups in total. The van der Waals surface area contributed by atoms with Crippen LogP contribution >= 0.6 is 0 Å². The zero-order valence-electron chi connectivity index (χ0n) is 10.4. The van der Waals surface area contributed by atoms with Crippen LogP contribution in [0.3, 0.4) is 0 Å². The first kappa shape index (κ1) is 12.2. The number of hydrogen-bond donors (Lipinski definition) is 2. The van der Waals surface area contributed by atoms with E-state index in [1.807, 2.05) is 12.1 Å². The molecule has 3 heteroatoms. The Morgan fingerprint density at radius 1 is 1.29 bits per heavy atom. The minimum atomic E-state index is -0.453. The van der Waals surface area contributed by atoms with Gasteiger partial charge in [0.1, 0.15) is 5.75 Å². The molecule has 1 aromatic carbocycles. The molecule has 2 rings (SSSR count). The number of hydrogen-bond acceptors (Lipinski definition) is 3. The summed E-state index contributed by atoms with van der Waals surface area (Å²) < 4.78 is 5.18. The SMILES string of the molecule is COc1ccc(N)c(C(O)C2CCCCC2)c1. The van der Waals surface area contributed by atoms with Crippen molar-refractivity contribution in [1.29, 1.82) is 0 Å². The number of anilines is 1. The van der Waals surface area contributed by atoms with E-state index < -0.39 is 6.10 Å². The Morgan fingerprint density at radius 2 is 2.00 bits per heavy atom. The Kier molecular flexibility index (Phi) is 3.89. The Balaban J connectivity index is 2.19. The predicted octanol–water partition coefficient (Wildman–Crippen LogP) is 2.89. The zero-order chi connectivity index (χ0) is 12.3. The first-order valence-electron chi connectivity index (χ1n) is 6.34. The molecule has 0 bridgehead atoms. The average Bonchev–Trinajstić information content (AvgIpc) is 2.39. The maximum Gasteiger partial charge on any atom is 0.119 e. The van der Waals surface area contributed by atoms with Gasteiger partial charge >= 0.3 is 0 Å². The van der Waals surface area contributed by atoms with Crippen molar-refractivity contribution < 1.29 is 9.84 Å². The van der Waals surface area contributed by atoms with Gasteiger partial charge in [-0.05, 0) is 37.0 Å². The third kappa shape index (κ3) is 2.72. The summed E-state index contributed by atoms with van der Waals surface area (Å²) in [5.74, 6) is 1.10. The van der Waals surface area contributed by atoms with Crippen molar-refractivity contribution >= 4 is 5.69 Å². The molecule has 0 aromatic heterocycles. The van der Waals surface area contributed by atoms with Crippen molar-refractivity contribution in [3.8, 4) is 5.75 Å². The molecule has 0 radical (unpaired) electrons. The second-order valence-electron chi connectivity index (χ2n) is 4.84. The van der Waals surface area contributed by atoms with E-state index in [0.717, 1.165) is 24.2 Å². The number of ether oxygens (including phenoxy) is 1. The van der Waals surface area contributed by atoms with Crippen LogP contribution in [-0.2, 0) is 0 Å². The fourth-order valence-electron chi connectivity index (χ4n) is 2.64. The summed E-state index contributed by atoms with van der Waals surface area (Å²) in [7, 11) is 1.63. The molecule has 0 saturated heterocycles. The Morgan fingerprint density at radius 3 is 2.65 bits per heavy atom. The fraction of sp³-hybridized carbons (Fsp3) is 0.571. The normalized spacial score (nSPS) is 18.9. The van der Waals surface area contributed by atoms with E-state index in [9.17, 15) is 5.11 Å². The summed E-state index contributed by atoms with van der Waals surface area (Å²) in [6, 6.07) is 5.49. The van der Waals surface area contributed by atoms with Crippen molar-refractivity contribution in [2.75, 3.05) is 12.8 Å². The number of nitrogen functional groups attached to an aromatic ring is 1. The van der Waals surface area contributed by atoms with Crippen molar-refractivity contribution in [3.63, 3.8) is 0 Å². The van der Waals surface area contributed by atoms with Gasteiger partial charge in [0.2, 0.25) is 0 Å². The number of nitrogens with two attached hydrogens (primary N) is 1. The van der Waals surface area contributed by atoms with E-state index in [0.29, 0.717) is 11.6 Å². The van der Waals surface area contributed by atoms with Gasteiger partial charge in [-0.25, -0.2) is 0 Å².